The maximum atomic E-state index is 15.1. The van der Waals surface area contributed by atoms with Gasteiger partial charge < -0.3 is 10.5 Å². The molecule has 0 saturated carbocycles. The average Bonchev–Trinajstić information content (AvgIpc) is 3.48. The number of ether oxygens (including phenoxy) is 1. The highest BCUT2D eigenvalue weighted by molar-refractivity contribution is 5.99. The summed E-state index contributed by atoms with van der Waals surface area (Å²) in [6.07, 6.45) is 5.38. The molecule has 4 heterocycles. The molecule has 0 atom stereocenters. The van der Waals surface area contributed by atoms with Gasteiger partial charge in [0, 0.05) is 18.5 Å². The first-order valence-corrected chi connectivity index (χ1v) is 10.0. The van der Waals surface area contributed by atoms with Gasteiger partial charge in [0.1, 0.15) is 17.8 Å². The van der Waals surface area contributed by atoms with Crippen LogP contribution in [-0.2, 0) is 0 Å². The van der Waals surface area contributed by atoms with Crippen molar-refractivity contribution in [2.45, 2.75) is 0 Å². The molecule has 35 heavy (non-hydrogen) atoms. The molecule has 0 aliphatic heterocycles. The van der Waals surface area contributed by atoms with E-state index in [-0.39, 0.29) is 39.9 Å². The fourth-order valence-electron chi connectivity index (χ4n) is 3.42. The average molecular weight is 477 g/mol. The van der Waals surface area contributed by atoms with Crippen LogP contribution in [0.25, 0.3) is 28.0 Å². The van der Waals surface area contributed by atoms with Gasteiger partial charge >= 0.3 is 0 Å². The summed E-state index contributed by atoms with van der Waals surface area (Å²) in [5.74, 6) is -4.42. The molecule has 0 bridgehead atoms. The number of carbonyl (C=O) groups is 1. The van der Waals surface area contributed by atoms with Crippen molar-refractivity contribution >= 4 is 22.8 Å². The molecular weight excluding hydrogens is 463 g/mol. The van der Waals surface area contributed by atoms with Crippen molar-refractivity contribution in [1.82, 2.24) is 29.3 Å². The first-order valence-electron chi connectivity index (χ1n) is 10.0. The molecule has 1 aromatic carbocycles. The predicted octanol–water partition coefficient (Wildman–Crippen LogP) is 4.30. The van der Waals surface area contributed by atoms with Crippen LogP contribution >= 0.6 is 0 Å². The molecule has 0 fully saturated rings. The minimum absolute atomic E-state index is 0.0411. The Bertz CT molecular complexity index is 1630. The van der Waals surface area contributed by atoms with E-state index in [1.807, 2.05) is 0 Å². The molecule has 12 heteroatoms. The number of allylic oxidation sites excluding steroid dienone is 1. The zero-order valence-electron chi connectivity index (χ0n) is 17.7. The Kier molecular flexibility index (Phi) is 5.24. The van der Waals surface area contributed by atoms with Crippen LogP contribution in [0, 0.1) is 17.6 Å². The van der Waals surface area contributed by atoms with Crippen LogP contribution < -0.4 is 10.5 Å². The van der Waals surface area contributed by atoms with Crippen molar-refractivity contribution in [3.63, 3.8) is 0 Å². The van der Waals surface area contributed by atoms with E-state index in [9.17, 15) is 13.6 Å². The largest absolute Gasteiger partial charge is 0.436 e. The molecule has 2 N–H and O–H groups in total. The second-order valence-corrected chi connectivity index (χ2v) is 7.18. The predicted molar refractivity (Wildman–Crippen MR) is 120 cm³/mol. The minimum atomic E-state index is -1.23. The quantitative estimate of drug-likeness (QED) is 0.297. The number of nitrogen functional groups attached to an aromatic ring is 1. The Morgan fingerprint density at radius 1 is 1.11 bits per heavy atom. The summed E-state index contributed by atoms with van der Waals surface area (Å²) in [7, 11) is 0. The van der Waals surface area contributed by atoms with Crippen molar-refractivity contribution in [3.05, 3.63) is 85.4 Å². The lowest BCUT2D eigenvalue weighted by atomic mass is 10.1. The van der Waals surface area contributed by atoms with Crippen molar-refractivity contribution in [2.24, 2.45) is 0 Å². The third-order valence-corrected chi connectivity index (χ3v) is 5.05. The summed E-state index contributed by atoms with van der Waals surface area (Å²) in [6.45, 7) is 3.45. The van der Waals surface area contributed by atoms with Crippen LogP contribution in [-0.4, -0.2) is 35.2 Å². The fourth-order valence-corrected chi connectivity index (χ4v) is 3.42. The number of aromatic nitrogens is 6. The van der Waals surface area contributed by atoms with Gasteiger partial charge in [0.05, 0.1) is 16.6 Å². The molecule has 0 spiro atoms. The Morgan fingerprint density at radius 3 is 2.71 bits per heavy atom. The van der Waals surface area contributed by atoms with E-state index in [1.165, 1.54) is 52.2 Å². The summed E-state index contributed by atoms with van der Waals surface area (Å²) < 4.78 is 50.3. The van der Waals surface area contributed by atoms with Gasteiger partial charge in [0.15, 0.2) is 17.2 Å². The summed E-state index contributed by atoms with van der Waals surface area (Å²) in [5, 5.41) is 4.69. The Morgan fingerprint density at radius 2 is 1.94 bits per heavy atom. The number of nitrogens with zero attached hydrogens (tertiary/aromatic N) is 6. The van der Waals surface area contributed by atoms with Gasteiger partial charge in [-0.1, -0.05) is 12.6 Å². The number of benzene rings is 1. The van der Waals surface area contributed by atoms with Gasteiger partial charge in [-0.2, -0.15) is 18.9 Å². The van der Waals surface area contributed by atoms with Crippen molar-refractivity contribution in [1.29, 1.82) is 0 Å². The van der Waals surface area contributed by atoms with E-state index in [2.05, 4.69) is 26.6 Å². The van der Waals surface area contributed by atoms with E-state index in [4.69, 9.17) is 10.5 Å². The van der Waals surface area contributed by atoms with Crippen LogP contribution in [0.4, 0.5) is 19.0 Å². The van der Waals surface area contributed by atoms with Crippen molar-refractivity contribution in [3.8, 4) is 28.6 Å². The van der Waals surface area contributed by atoms with E-state index in [0.29, 0.717) is 5.69 Å². The molecule has 5 rings (SSSR count). The molecule has 4 aromatic heterocycles. The molecule has 0 radical (unpaired) electrons. The van der Waals surface area contributed by atoms with E-state index >= 15 is 4.39 Å². The zero-order valence-corrected chi connectivity index (χ0v) is 17.7. The lowest BCUT2D eigenvalue weighted by Gasteiger charge is -2.07. The summed E-state index contributed by atoms with van der Waals surface area (Å²) in [6, 6.07) is 7.54. The summed E-state index contributed by atoms with van der Waals surface area (Å²) >= 11 is 0. The maximum Gasteiger partial charge on any atom is 0.254 e. The first kappa shape index (κ1) is 21.8. The van der Waals surface area contributed by atoms with Gasteiger partial charge in [0.2, 0.25) is 17.6 Å². The SMILES string of the molecule is C=CC(=O)n1ccc(-n2nc(-c3ccc(Oc4cccc(F)c4F)nc3F)c3c(N)ncnc32)c1. The van der Waals surface area contributed by atoms with E-state index in [0.717, 1.165) is 12.1 Å². The van der Waals surface area contributed by atoms with E-state index in [1.54, 1.807) is 6.07 Å². The molecule has 0 aliphatic carbocycles. The standard InChI is InChI=1S/C23H14F3N7O2/c1-2-17(34)32-9-8-12(10-32)33-23-18(22(27)28-11-29-23)20(31-33)13-6-7-16(30-21(13)26)35-15-5-3-4-14(24)19(15)25/h2-11H,1H2,(H2,27,28,29). The number of fused-ring (bicyclic) bond motifs is 1. The number of halogens is 3. The highest BCUT2D eigenvalue weighted by Gasteiger charge is 2.22. The smallest absolute Gasteiger partial charge is 0.254 e. The van der Waals surface area contributed by atoms with Crippen LogP contribution in [0.15, 0.2) is 67.8 Å². The molecule has 0 unspecified atom stereocenters. The fraction of sp³-hybridized carbons (Fsp3) is 0. The lowest BCUT2D eigenvalue weighted by Crippen LogP contribution is -2.04. The lowest BCUT2D eigenvalue weighted by molar-refractivity contribution is 0.0969. The highest BCUT2D eigenvalue weighted by Crippen LogP contribution is 2.34. The van der Waals surface area contributed by atoms with Gasteiger partial charge in [-0.25, -0.2) is 19.0 Å². The van der Waals surface area contributed by atoms with Gasteiger partial charge in [0.25, 0.3) is 5.91 Å². The molecule has 9 nitrogen and oxygen atoms in total. The number of nitrogens with two attached hydrogens (primary N) is 1. The Labute approximate surface area is 194 Å². The van der Waals surface area contributed by atoms with Gasteiger partial charge in [-0.3, -0.25) is 9.36 Å². The number of hydrogen-bond acceptors (Lipinski definition) is 7. The summed E-state index contributed by atoms with van der Waals surface area (Å²) in [5.41, 5.74) is 6.77. The number of anilines is 1. The Hall–Kier alpha value is -5.00. The molecular formula is C23H14F3N7O2. The van der Waals surface area contributed by atoms with Crippen LogP contribution in [0.1, 0.15) is 4.79 Å². The maximum absolute atomic E-state index is 15.1. The highest BCUT2D eigenvalue weighted by atomic mass is 19.2. The number of carbonyl (C=O) groups excluding carboxylic acids is 1. The molecule has 0 aliphatic rings. The molecule has 174 valence electrons. The molecule has 0 amide bonds. The molecule has 5 aromatic rings. The number of hydrogen-bond donors (Lipinski definition) is 1. The summed E-state index contributed by atoms with van der Waals surface area (Å²) in [4.78, 5) is 23.8. The Balaban J connectivity index is 1.59. The number of rotatable bonds is 5. The second-order valence-electron chi connectivity index (χ2n) is 7.18. The van der Waals surface area contributed by atoms with Crippen molar-refractivity contribution in [2.75, 3.05) is 5.73 Å². The minimum Gasteiger partial charge on any atom is -0.436 e. The number of pyridine rings is 1. The normalized spacial score (nSPS) is 11.1. The van der Waals surface area contributed by atoms with Crippen LogP contribution in [0.5, 0.6) is 11.6 Å². The van der Waals surface area contributed by atoms with E-state index < -0.39 is 23.3 Å². The van der Waals surface area contributed by atoms with Gasteiger partial charge in [-0.05, 0) is 30.3 Å². The van der Waals surface area contributed by atoms with Crippen LogP contribution in [0.2, 0.25) is 0 Å². The monoisotopic (exact) mass is 477 g/mol. The van der Waals surface area contributed by atoms with Crippen LogP contribution in [0.3, 0.4) is 0 Å². The third kappa shape index (κ3) is 3.76. The third-order valence-electron chi connectivity index (χ3n) is 5.05. The van der Waals surface area contributed by atoms with Gasteiger partial charge in [-0.15, -0.1) is 0 Å². The topological polar surface area (TPSA) is 114 Å². The second kappa shape index (κ2) is 8.41. The zero-order chi connectivity index (χ0) is 24.7. The first-order chi connectivity index (χ1) is 16.9. The van der Waals surface area contributed by atoms with Crippen molar-refractivity contribution < 1.29 is 22.7 Å². The molecule has 0 saturated heterocycles.